The third-order valence-corrected chi connectivity index (χ3v) is 5.44. The lowest BCUT2D eigenvalue weighted by Gasteiger charge is -2.37. The van der Waals surface area contributed by atoms with E-state index in [-0.39, 0.29) is 0 Å². The van der Waals surface area contributed by atoms with E-state index in [1.807, 2.05) is 0 Å². The van der Waals surface area contributed by atoms with Crippen LogP contribution < -0.4 is 0 Å². The van der Waals surface area contributed by atoms with Gasteiger partial charge < -0.3 is 0 Å². The van der Waals surface area contributed by atoms with Gasteiger partial charge >= 0.3 is 0 Å². The Morgan fingerprint density at radius 1 is 1.10 bits per heavy atom. The molecule has 0 radical (unpaired) electrons. The standard InChI is InChI=1S/C20H32/c1-5-17-8-6-7-9-18(17)11-12-19-14-16(4)10-13-20(19)15(2)3/h6-9,15-16,19-20H,5,10-14H2,1-4H3/t16?,19?,20-/m0/s1. The molecule has 1 aliphatic carbocycles. The Balaban J connectivity index is 2.00. The Kier molecular flexibility index (Phi) is 5.69. The lowest BCUT2D eigenvalue weighted by Crippen LogP contribution is -2.28. The van der Waals surface area contributed by atoms with E-state index in [9.17, 15) is 0 Å². The van der Waals surface area contributed by atoms with Gasteiger partial charge in [0.15, 0.2) is 0 Å². The molecule has 0 spiro atoms. The zero-order valence-electron chi connectivity index (χ0n) is 13.9. The first-order valence-electron chi connectivity index (χ1n) is 8.68. The Morgan fingerprint density at radius 2 is 1.80 bits per heavy atom. The van der Waals surface area contributed by atoms with Crippen molar-refractivity contribution in [2.24, 2.45) is 23.7 Å². The van der Waals surface area contributed by atoms with E-state index < -0.39 is 0 Å². The van der Waals surface area contributed by atoms with Gasteiger partial charge in [-0.05, 0) is 66.9 Å². The summed E-state index contributed by atoms with van der Waals surface area (Å²) in [6, 6.07) is 9.04. The predicted molar refractivity (Wildman–Crippen MR) is 89.0 cm³/mol. The summed E-state index contributed by atoms with van der Waals surface area (Å²) in [5, 5.41) is 0. The van der Waals surface area contributed by atoms with E-state index in [0.717, 1.165) is 23.7 Å². The highest BCUT2D eigenvalue weighted by atomic mass is 14.4. The van der Waals surface area contributed by atoms with Crippen LogP contribution in [0, 0.1) is 23.7 Å². The second-order valence-corrected chi connectivity index (χ2v) is 7.25. The fraction of sp³-hybridized carbons (Fsp3) is 0.700. The van der Waals surface area contributed by atoms with Crippen LogP contribution in [-0.2, 0) is 12.8 Å². The van der Waals surface area contributed by atoms with Gasteiger partial charge in [-0.3, -0.25) is 0 Å². The van der Waals surface area contributed by atoms with Gasteiger partial charge in [-0.25, -0.2) is 0 Å². The fourth-order valence-electron chi connectivity index (χ4n) is 4.22. The molecule has 1 aromatic carbocycles. The van der Waals surface area contributed by atoms with Crippen molar-refractivity contribution < 1.29 is 0 Å². The van der Waals surface area contributed by atoms with Crippen LogP contribution in [0.4, 0.5) is 0 Å². The molecule has 0 heterocycles. The number of aryl methyl sites for hydroxylation is 2. The third-order valence-electron chi connectivity index (χ3n) is 5.44. The van der Waals surface area contributed by atoms with E-state index in [1.54, 1.807) is 11.1 Å². The van der Waals surface area contributed by atoms with E-state index >= 15 is 0 Å². The van der Waals surface area contributed by atoms with Gasteiger partial charge in [-0.2, -0.15) is 0 Å². The topological polar surface area (TPSA) is 0 Å². The van der Waals surface area contributed by atoms with Crippen LogP contribution in [0.2, 0.25) is 0 Å². The Labute approximate surface area is 126 Å². The maximum Gasteiger partial charge on any atom is -0.0273 e. The number of rotatable bonds is 5. The quantitative estimate of drug-likeness (QED) is 0.627. The highest BCUT2D eigenvalue weighted by Gasteiger charge is 2.30. The number of hydrogen-bond donors (Lipinski definition) is 0. The maximum atomic E-state index is 2.45. The third kappa shape index (κ3) is 3.87. The summed E-state index contributed by atoms with van der Waals surface area (Å²) in [5.74, 6) is 3.70. The van der Waals surface area contributed by atoms with Crippen LogP contribution in [0.5, 0.6) is 0 Å². The summed E-state index contributed by atoms with van der Waals surface area (Å²) in [6.45, 7) is 9.57. The minimum atomic E-state index is 0.855. The van der Waals surface area contributed by atoms with Crippen molar-refractivity contribution in [2.75, 3.05) is 0 Å². The fourth-order valence-corrected chi connectivity index (χ4v) is 4.22. The molecule has 0 amide bonds. The smallest absolute Gasteiger partial charge is 0.0273 e. The molecule has 1 aliphatic rings. The average molecular weight is 272 g/mol. The van der Waals surface area contributed by atoms with Crippen molar-refractivity contribution in [3.63, 3.8) is 0 Å². The maximum absolute atomic E-state index is 2.45. The molecule has 112 valence electrons. The van der Waals surface area contributed by atoms with E-state index in [2.05, 4.69) is 52.0 Å². The lowest BCUT2D eigenvalue weighted by atomic mass is 9.68. The predicted octanol–water partition coefficient (Wildman–Crippen LogP) is 5.89. The Morgan fingerprint density at radius 3 is 2.45 bits per heavy atom. The molecule has 3 atom stereocenters. The second-order valence-electron chi connectivity index (χ2n) is 7.25. The van der Waals surface area contributed by atoms with Gasteiger partial charge in [0.2, 0.25) is 0 Å². The molecular formula is C20H32. The van der Waals surface area contributed by atoms with Crippen molar-refractivity contribution in [2.45, 2.75) is 66.2 Å². The zero-order valence-corrected chi connectivity index (χ0v) is 13.9. The molecule has 1 fully saturated rings. The Hall–Kier alpha value is -0.780. The van der Waals surface area contributed by atoms with E-state index in [1.165, 1.54) is 38.5 Å². The molecule has 0 N–H and O–H groups in total. The van der Waals surface area contributed by atoms with Gasteiger partial charge in [-0.15, -0.1) is 0 Å². The highest BCUT2D eigenvalue weighted by Crippen LogP contribution is 2.40. The number of hydrogen-bond acceptors (Lipinski definition) is 0. The molecule has 0 aromatic heterocycles. The molecule has 0 bridgehead atoms. The van der Waals surface area contributed by atoms with Gasteiger partial charge in [0.25, 0.3) is 0 Å². The van der Waals surface area contributed by atoms with Crippen molar-refractivity contribution >= 4 is 0 Å². The summed E-state index contributed by atoms with van der Waals surface area (Å²) in [5.41, 5.74) is 3.15. The minimum Gasteiger partial charge on any atom is -0.0625 e. The van der Waals surface area contributed by atoms with E-state index in [0.29, 0.717) is 0 Å². The van der Waals surface area contributed by atoms with Crippen LogP contribution in [-0.4, -0.2) is 0 Å². The van der Waals surface area contributed by atoms with Crippen LogP contribution in [0.1, 0.15) is 64.5 Å². The van der Waals surface area contributed by atoms with Gasteiger partial charge in [0, 0.05) is 0 Å². The first-order chi connectivity index (χ1) is 9.61. The van der Waals surface area contributed by atoms with Gasteiger partial charge in [0.1, 0.15) is 0 Å². The molecule has 20 heavy (non-hydrogen) atoms. The summed E-state index contributed by atoms with van der Waals surface area (Å²) >= 11 is 0. The monoisotopic (exact) mass is 272 g/mol. The normalized spacial score (nSPS) is 26.9. The molecular weight excluding hydrogens is 240 g/mol. The highest BCUT2D eigenvalue weighted by molar-refractivity contribution is 5.27. The van der Waals surface area contributed by atoms with Crippen molar-refractivity contribution in [1.82, 2.24) is 0 Å². The van der Waals surface area contributed by atoms with Gasteiger partial charge in [-0.1, -0.05) is 58.4 Å². The first kappa shape index (κ1) is 15.6. The summed E-state index contributed by atoms with van der Waals surface area (Å²) in [6.07, 6.45) is 8.21. The molecule has 2 unspecified atom stereocenters. The summed E-state index contributed by atoms with van der Waals surface area (Å²) in [7, 11) is 0. The Bertz CT molecular complexity index is 404. The lowest BCUT2D eigenvalue weighted by molar-refractivity contribution is 0.136. The molecule has 0 nitrogen and oxygen atoms in total. The molecule has 1 aromatic rings. The van der Waals surface area contributed by atoms with E-state index in [4.69, 9.17) is 0 Å². The van der Waals surface area contributed by atoms with Gasteiger partial charge in [0.05, 0.1) is 0 Å². The zero-order chi connectivity index (χ0) is 14.5. The molecule has 2 rings (SSSR count). The summed E-state index contributed by atoms with van der Waals surface area (Å²) in [4.78, 5) is 0. The first-order valence-corrected chi connectivity index (χ1v) is 8.68. The van der Waals surface area contributed by atoms with Crippen molar-refractivity contribution in [1.29, 1.82) is 0 Å². The van der Waals surface area contributed by atoms with Crippen molar-refractivity contribution in [3.05, 3.63) is 35.4 Å². The molecule has 0 saturated heterocycles. The molecule has 0 heteroatoms. The van der Waals surface area contributed by atoms with Crippen molar-refractivity contribution in [3.8, 4) is 0 Å². The SMILES string of the molecule is CCc1ccccc1CCC1CC(C)CC[C@H]1C(C)C. The largest absolute Gasteiger partial charge is 0.0625 e. The minimum absolute atomic E-state index is 0.855. The van der Waals surface area contributed by atoms with Crippen LogP contribution in [0.15, 0.2) is 24.3 Å². The van der Waals surface area contributed by atoms with Crippen LogP contribution in [0.3, 0.4) is 0 Å². The number of benzene rings is 1. The molecule has 0 aliphatic heterocycles. The summed E-state index contributed by atoms with van der Waals surface area (Å²) < 4.78 is 0. The van der Waals surface area contributed by atoms with Crippen LogP contribution >= 0.6 is 0 Å². The second kappa shape index (κ2) is 7.29. The average Bonchev–Trinajstić information content (AvgIpc) is 2.45. The van der Waals surface area contributed by atoms with Crippen LogP contribution in [0.25, 0.3) is 0 Å². The molecule has 1 saturated carbocycles.